The summed E-state index contributed by atoms with van der Waals surface area (Å²) in [5, 5.41) is 0.382. The van der Waals surface area contributed by atoms with E-state index in [4.69, 9.17) is 0 Å². The molecule has 0 bridgehead atoms. The van der Waals surface area contributed by atoms with Crippen LogP contribution in [-0.2, 0) is 6.54 Å². The maximum Gasteiger partial charge on any atom is 0.261 e. The lowest BCUT2D eigenvalue weighted by molar-refractivity contribution is 0.629. The largest absolute Gasteiger partial charge is 0.297 e. The summed E-state index contributed by atoms with van der Waals surface area (Å²) in [6.07, 6.45) is 0. The highest BCUT2D eigenvalue weighted by atomic mass is 19.1. The third kappa shape index (κ3) is 1.41. The van der Waals surface area contributed by atoms with E-state index in [0.717, 1.165) is 5.56 Å². The number of rotatable bonds is 1. The molecule has 0 spiro atoms. The highest BCUT2D eigenvalue weighted by Crippen LogP contribution is 2.16. The molecule has 16 heavy (non-hydrogen) atoms. The Morgan fingerprint density at radius 1 is 1.38 bits per heavy atom. The minimum absolute atomic E-state index is 0.165. The van der Waals surface area contributed by atoms with Gasteiger partial charge >= 0.3 is 0 Å². The van der Waals surface area contributed by atoms with E-state index in [9.17, 15) is 9.18 Å². The van der Waals surface area contributed by atoms with Crippen LogP contribution in [0, 0.1) is 19.7 Å². The van der Waals surface area contributed by atoms with Gasteiger partial charge in [-0.1, -0.05) is 6.07 Å². The van der Waals surface area contributed by atoms with Crippen LogP contribution in [0.3, 0.4) is 0 Å². The van der Waals surface area contributed by atoms with Gasteiger partial charge in [-0.25, -0.2) is 9.37 Å². The standard InChI is InChI=1S/C12H13FN2O/c1-4-15-8(3)14-11-9(13)6-5-7(2)10(11)12(15)16/h5-6H,4H2,1-3H3. The number of fused-ring (bicyclic) bond motifs is 1. The molecule has 0 unspecified atom stereocenters. The summed E-state index contributed by atoms with van der Waals surface area (Å²) in [6, 6.07) is 2.95. The van der Waals surface area contributed by atoms with E-state index in [2.05, 4.69) is 4.98 Å². The smallest absolute Gasteiger partial charge is 0.261 e. The molecule has 1 aromatic carbocycles. The number of benzene rings is 1. The lowest BCUT2D eigenvalue weighted by atomic mass is 10.1. The first kappa shape index (κ1) is 10.8. The molecule has 1 aromatic heterocycles. The molecule has 0 saturated heterocycles. The van der Waals surface area contributed by atoms with Gasteiger partial charge in [-0.3, -0.25) is 9.36 Å². The Hall–Kier alpha value is -1.71. The number of halogens is 1. The molecule has 1 heterocycles. The number of hydrogen-bond acceptors (Lipinski definition) is 2. The van der Waals surface area contributed by atoms with Crippen LogP contribution >= 0.6 is 0 Å². The minimum atomic E-state index is -0.441. The van der Waals surface area contributed by atoms with Crippen molar-refractivity contribution in [3.63, 3.8) is 0 Å². The quantitative estimate of drug-likeness (QED) is 0.738. The number of nitrogens with zero attached hydrogens (tertiary/aromatic N) is 2. The lowest BCUT2D eigenvalue weighted by Gasteiger charge is -2.09. The van der Waals surface area contributed by atoms with Crippen molar-refractivity contribution in [3.05, 3.63) is 39.7 Å². The van der Waals surface area contributed by atoms with Gasteiger partial charge in [0.2, 0.25) is 0 Å². The van der Waals surface area contributed by atoms with Crippen LogP contribution in [0.1, 0.15) is 18.3 Å². The van der Waals surface area contributed by atoms with E-state index in [1.807, 2.05) is 6.92 Å². The zero-order valence-electron chi connectivity index (χ0n) is 9.54. The van der Waals surface area contributed by atoms with Gasteiger partial charge in [0, 0.05) is 6.54 Å². The molecular weight excluding hydrogens is 207 g/mol. The molecule has 4 heteroatoms. The van der Waals surface area contributed by atoms with E-state index in [-0.39, 0.29) is 11.1 Å². The molecule has 84 valence electrons. The Morgan fingerprint density at radius 3 is 2.69 bits per heavy atom. The molecule has 0 aliphatic carbocycles. The molecule has 0 saturated carbocycles. The van der Waals surface area contributed by atoms with E-state index in [1.165, 1.54) is 6.07 Å². The summed E-state index contributed by atoms with van der Waals surface area (Å²) >= 11 is 0. The molecule has 0 radical (unpaired) electrons. The zero-order chi connectivity index (χ0) is 11.9. The first-order valence-electron chi connectivity index (χ1n) is 5.22. The Kier molecular flexibility index (Phi) is 2.50. The van der Waals surface area contributed by atoms with Gasteiger partial charge in [0.15, 0.2) is 0 Å². The maximum absolute atomic E-state index is 13.6. The summed E-state index contributed by atoms with van der Waals surface area (Å²) in [5.41, 5.74) is 0.769. The predicted octanol–water partition coefficient (Wildman–Crippen LogP) is 2.17. The topological polar surface area (TPSA) is 34.9 Å². The highest BCUT2D eigenvalue weighted by Gasteiger charge is 2.12. The van der Waals surface area contributed by atoms with Crippen molar-refractivity contribution in [2.75, 3.05) is 0 Å². The fourth-order valence-corrected chi connectivity index (χ4v) is 1.92. The van der Waals surface area contributed by atoms with Crippen molar-refractivity contribution < 1.29 is 4.39 Å². The fraction of sp³-hybridized carbons (Fsp3) is 0.333. The summed E-state index contributed by atoms with van der Waals surface area (Å²) in [6.45, 7) is 5.92. The Morgan fingerprint density at radius 2 is 2.06 bits per heavy atom. The van der Waals surface area contributed by atoms with Gasteiger partial charge in [0.1, 0.15) is 17.2 Å². The fourth-order valence-electron chi connectivity index (χ4n) is 1.92. The summed E-state index contributed by atoms with van der Waals surface area (Å²) in [4.78, 5) is 16.3. The van der Waals surface area contributed by atoms with Gasteiger partial charge in [-0.05, 0) is 32.4 Å². The Balaban J connectivity index is 3.05. The molecule has 2 rings (SSSR count). The minimum Gasteiger partial charge on any atom is -0.297 e. The second-order valence-electron chi connectivity index (χ2n) is 3.80. The molecule has 0 atom stereocenters. The number of hydrogen-bond donors (Lipinski definition) is 0. The van der Waals surface area contributed by atoms with Crippen LogP contribution in [0.15, 0.2) is 16.9 Å². The van der Waals surface area contributed by atoms with Crippen molar-refractivity contribution >= 4 is 10.9 Å². The Labute approximate surface area is 92.5 Å². The van der Waals surface area contributed by atoms with Crippen molar-refractivity contribution in [1.82, 2.24) is 9.55 Å². The van der Waals surface area contributed by atoms with Crippen LogP contribution in [0.5, 0.6) is 0 Å². The molecular formula is C12H13FN2O. The molecule has 0 N–H and O–H groups in total. The normalized spacial score (nSPS) is 11.0. The van der Waals surface area contributed by atoms with Gasteiger partial charge in [-0.2, -0.15) is 0 Å². The second kappa shape index (κ2) is 3.70. The van der Waals surface area contributed by atoms with Gasteiger partial charge < -0.3 is 0 Å². The average molecular weight is 220 g/mol. The van der Waals surface area contributed by atoms with Gasteiger partial charge in [0.05, 0.1) is 5.39 Å². The maximum atomic E-state index is 13.6. The lowest BCUT2D eigenvalue weighted by Crippen LogP contribution is -2.24. The third-order valence-electron chi connectivity index (χ3n) is 2.78. The monoisotopic (exact) mass is 220 g/mol. The van der Waals surface area contributed by atoms with Crippen LogP contribution in [0.4, 0.5) is 4.39 Å². The molecule has 0 amide bonds. The van der Waals surface area contributed by atoms with Crippen LogP contribution in [0.25, 0.3) is 10.9 Å². The molecule has 2 aromatic rings. The van der Waals surface area contributed by atoms with E-state index in [1.54, 1.807) is 24.5 Å². The first-order chi connectivity index (χ1) is 7.56. The van der Waals surface area contributed by atoms with E-state index < -0.39 is 5.82 Å². The molecule has 3 nitrogen and oxygen atoms in total. The van der Waals surface area contributed by atoms with Crippen LogP contribution in [-0.4, -0.2) is 9.55 Å². The molecule has 0 aliphatic rings. The number of aromatic nitrogens is 2. The number of aryl methyl sites for hydroxylation is 2. The van der Waals surface area contributed by atoms with E-state index in [0.29, 0.717) is 17.8 Å². The summed E-state index contributed by atoms with van der Waals surface area (Å²) in [5.74, 6) is 0.105. The SMILES string of the molecule is CCn1c(C)nc2c(F)ccc(C)c2c1=O. The second-order valence-corrected chi connectivity index (χ2v) is 3.80. The summed E-state index contributed by atoms with van der Waals surface area (Å²) < 4.78 is 15.1. The van der Waals surface area contributed by atoms with E-state index >= 15 is 0 Å². The molecule has 0 aliphatic heterocycles. The zero-order valence-corrected chi connectivity index (χ0v) is 9.54. The van der Waals surface area contributed by atoms with Crippen molar-refractivity contribution in [2.24, 2.45) is 0 Å². The van der Waals surface area contributed by atoms with Crippen molar-refractivity contribution in [3.8, 4) is 0 Å². The average Bonchev–Trinajstić information content (AvgIpc) is 2.24. The highest BCUT2D eigenvalue weighted by molar-refractivity contribution is 5.81. The van der Waals surface area contributed by atoms with Crippen LogP contribution < -0.4 is 5.56 Å². The molecule has 0 fully saturated rings. The predicted molar refractivity (Wildman–Crippen MR) is 61.1 cm³/mol. The van der Waals surface area contributed by atoms with Gasteiger partial charge in [0.25, 0.3) is 5.56 Å². The van der Waals surface area contributed by atoms with Crippen molar-refractivity contribution in [1.29, 1.82) is 0 Å². The first-order valence-corrected chi connectivity index (χ1v) is 5.22. The Bertz CT molecular complexity index is 616. The summed E-state index contributed by atoms with van der Waals surface area (Å²) in [7, 11) is 0. The van der Waals surface area contributed by atoms with Crippen LogP contribution in [0.2, 0.25) is 0 Å². The van der Waals surface area contributed by atoms with Gasteiger partial charge in [-0.15, -0.1) is 0 Å². The third-order valence-corrected chi connectivity index (χ3v) is 2.78. The van der Waals surface area contributed by atoms with Crippen molar-refractivity contribution in [2.45, 2.75) is 27.3 Å².